The van der Waals surface area contributed by atoms with Gasteiger partial charge in [0.15, 0.2) is 0 Å². The van der Waals surface area contributed by atoms with Crippen molar-refractivity contribution in [3.05, 3.63) is 24.4 Å². The first-order valence-corrected chi connectivity index (χ1v) is 6.42. The lowest BCUT2D eigenvalue weighted by Crippen LogP contribution is -2.24. The lowest BCUT2D eigenvalue weighted by atomic mass is 9.74. The third-order valence-electron chi connectivity index (χ3n) is 3.71. The third kappa shape index (κ3) is 4.87. The van der Waals surface area contributed by atoms with E-state index in [4.69, 9.17) is 0 Å². The van der Waals surface area contributed by atoms with Gasteiger partial charge in [-0.25, -0.2) is 0 Å². The molecule has 0 spiro atoms. The van der Waals surface area contributed by atoms with Crippen molar-refractivity contribution < 1.29 is 0 Å². The Morgan fingerprint density at radius 3 is 2.19 bits per heavy atom. The fraction of sp³-hybridized carbons (Fsp3) is 0.733. The Hall–Kier alpha value is -0.720. The number of rotatable bonds is 8. The van der Waals surface area contributed by atoms with Gasteiger partial charge in [0, 0.05) is 12.2 Å². The summed E-state index contributed by atoms with van der Waals surface area (Å²) in [6.07, 6.45) is 3.26. The fourth-order valence-corrected chi connectivity index (χ4v) is 1.51. The molecule has 0 radical (unpaired) electrons. The van der Waals surface area contributed by atoms with Crippen molar-refractivity contribution in [2.45, 2.75) is 53.9 Å². The van der Waals surface area contributed by atoms with Crippen LogP contribution in [0.4, 0.5) is 0 Å². The first-order chi connectivity index (χ1) is 7.32. The van der Waals surface area contributed by atoms with Gasteiger partial charge < -0.3 is 5.32 Å². The average Bonchev–Trinajstić information content (AvgIpc) is 2.17. The second-order valence-corrected chi connectivity index (χ2v) is 5.51. The molecule has 0 saturated carbocycles. The van der Waals surface area contributed by atoms with Gasteiger partial charge in [0.05, 0.1) is 0 Å². The van der Waals surface area contributed by atoms with Gasteiger partial charge in [-0.05, 0) is 24.2 Å². The molecule has 0 amide bonds. The highest BCUT2D eigenvalue weighted by Gasteiger charge is 2.24. The first-order valence-electron chi connectivity index (χ1n) is 6.42. The van der Waals surface area contributed by atoms with Crippen LogP contribution < -0.4 is 5.32 Å². The smallest absolute Gasteiger partial charge is 0.0181 e. The van der Waals surface area contributed by atoms with Crippen LogP contribution in [0.25, 0.3) is 0 Å². The van der Waals surface area contributed by atoms with Gasteiger partial charge >= 0.3 is 0 Å². The second-order valence-electron chi connectivity index (χ2n) is 5.51. The molecule has 0 rings (SSSR count). The molecule has 0 heterocycles. The summed E-state index contributed by atoms with van der Waals surface area (Å²) in [5.41, 5.74) is 2.71. The predicted molar refractivity (Wildman–Crippen MR) is 74.4 cm³/mol. The number of hydrogen-bond donors (Lipinski definition) is 1. The van der Waals surface area contributed by atoms with Crippen molar-refractivity contribution in [3.8, 4) is 0 Å². The van der Waals surface area contributed by atoms with E-state index in [9.17, 15) is 0 Å². The van der Waals surface area contributed by atoms with Gasteiger partial charge in [-0.2, -0.15) is 0 Å². The van der Waals surface area contributed by atoms with E-state index in [1.54, 1.807) is 0 Å². The molecule has 0 aliphatic rings. The molecule has 0 aromatic carbocycles. The van der Waals surface area contributed by atoms with E-state index in [0.717, 1.165) is 31.5 Å². The highest BCUT2D eigenvalue weighted by atomic mass is 14.9. The van der Waals surface area contributed by atoms with Crippen LogP contribution in [-0.4, -0.2) is 6.54 Å². The summed E-state index contributed by atoms with van der Waals surface area (Å²) in [4.78, 5) is 0. The maximum absolute atomic E-state index is 4.22. The minimum Gasteiger partial charge on any atom is -0.388 e. The van der Waals surface area contributed by atoms with Crippen LogP contribution in [0.15, 0.2) is 24.4 Å². The van der Waals surface area contributed by atoms with Crippen LogP contribution in [0.5, 0.6) is 0 Å². The molecule has 1 N–H and O–H groups in total. The van der Waals surface area contributed by atoms with E-state index >= 15 is 0 Å². The van der Waals surface area contributed by atoms with Crippen LogP contribution in [0.1, 0.15) is 53.9 Å². The predicted octanol–water partition coefficient (Wildman–Crippen LogP) is 4.52. The summed E-state index contributed by atoms with van der Waals surface area (Å²) in [6, 6.07) is 0. The minimum atomic E-state index is 0.230. The molecule has 16 heavy (non-hydrogen) atoms. The number of hydrogen-bond acceptors (Lipinski definition) is 1. The van der Waals surface area contributed by atoms with Gasteiger partial charge in [0.2, 0.25) is 0 Å². The molecule has 0 aliphatic carbocycles. The van der Waals surface area contributed by atoms with E-state index in [-0.39, 0.29) is 5.41 Å². The summed E-state index contributed by atoms with van der Waals surface area (Å²) >= 11 is 0. The molecule has 0 aromatic rings. The summed E-state index contributed by atoms with van der Waals surface area (Å²) in [5.74, 6) is 0.638. The summed E-state index contributed by atoms with van der Waals surface area (Å²) in [7, 11) is 0. The molecule has 0 fully saturated rings. The van der Waals surface area contributed by atoms with Crippen molar-refractivity contribution >= 4 is 0 Å². The molecule has 0 atom stereocenters. The Balaban J connectivity index is 3.95. The molecule has 0 aromatic heterocycles. The van der Waals surface area contributed by atoms with E-state index in [1.807, 2.05) is 0 Å². The summed E-state index contributed by atoms with van der Waals surface area (Å²) in [5, 5.41) is 3.37. The second kappa shape index (κ2) is 6.78. The summed E-state index contributed by atoms with van der Waals surface area (Å²) < 4.78 is 0. The molecule has 0 aliphatic heterocycles. The van der Waals surface area contributed by atoms with Gasteiger partial charge in [-0.15, -0.1) is 0 Å². The first kappa shape index (κ1) is 15.3. The molecule has 1 nitrogen and oxygen atoms in total. The maximum atomic E-state index is 4.22. The molecule has 94 valence electrons. The van der Waals surface area contributed by atoms with Crippen molar-refractivity contribution in [1.29, 1.82) is 0 Å². The van der Waals surface area contributed by atoms with E-state index in [1.165, 1.54) is 5.57 Å². The maximum Gasteiger partial charge on any atom is 0.0181 e. The van der Waals surface area contributed by atoms with Crippen LogP contribution in [0.2, 0.25) is 0 Å². The highest BCUT2D eigenvalue weighted by Crippen LogP contribution is 2.34. The normalized spacial score (nSPS) is 11.6. The Labute approximate surface area is 102 Å². The Morgan fingerprint density at radius 1 is 1.19 bits per heavy atom. The van der Waals surface area contributed by atoms with Crippen molar-refractivity contribution in [1.82, 2.24) is 5.32 Å². The lowest BCUT2D eigenvalue weighted by Gasteiger charge is -2.32. The zero-order chi connectivity index (χ0) is 12.8. The zero-order valence-electron chi connectivity index (χ0n) is 11.8. The molecular formula is C15H29N. The molecular weight excluding hydrogens is 194 g/mol. The van der Waals surface area contributed by atoms with Crippen LogP contribution >= 0.6 is 0 Å². The Kier molecular flexibility index (Phi) is 6.47. The van der Waals surface area contributed by atoms with Gasteiger partial charge in [0.25, 0.3) is 0 Å². The zero-order valence-corrected chi connectivity index (χ0v) is 11.8. The van der Waals surface area contributed by atoms with Gasteiger partial charge in [-0.3, -0.25) is 0 Å². The standard InChI is InChI=1S/C15H29N/c1-8-9-14(5)16-11-10-13(4)15(6,7)12(2)3/h12,16H,4-5,8-11H2,1-3,6-7H3. The van der Waals surface area contributed by atoms with Crippen molar-refractivity contribution in [2.24, 2.45) is 11.3 Å². The third-order valence-corrected chi connectivity index (χ3v) is 3.71. The van der Waals surface area contributed by atoms with Crippen LogP contribution in [-0.2, 0) is 0 Å². The van der Waals surface area contributed by atoms with Crippen molar-refractivity contribution in [2.75, 3.05) is 6.54 Å². The van der Waals surface area contributed by atoms with Crippen molar-refractivity contribution in [3.63, 3.8) is 0 Å². The Morgan fingerprint density at radius 2 is 1.75 bits per heavy atom. The lowest BCUT2D eigenvalue weighted by molar-refractivity contribution is 0.301. The van der Waals surface area contributed by atoms with E-state index in [0.29, 0.717) is 5.92 Å². The minimum absolute atomic E-state index is 0.230. The fourth-order valence-electron chi connectivity index (χ4n) is 1.51. The molecule has 0 unspecified atom stereocenters. The highest BCUT2D eigenvalue weighted by molar-refractivity contribution is 5.09. The topological polar surface area (TPSA) is 12.0 Å². The van der Waals surface area contributed by atoms with Crippen LogP contribution in [0.3, 0.4) is 0 Å². The van der Waals surface area contributed by atoms with Gasteiger partial charge in [-0.1, -0.05) is 59.8 Å². The largest absolute Gasteiger partial charge is 0.388 e. The summed E-state index contributed by atoms with van der Waals surface area (Å²) in [6.45, 7) is 20.4. The van der Waals surface area contributed by atoms with Crippen LogP contribution in [0, 0.1) is 11.3 Å². The molecule has 1 heteroatoms. The number of nitrogens with one attached hydrogen (secondary N) is 1. The van der Waals surface area contributed by atoms with Gasteiger partial charge in [0.1, 0.15) is 0 Å². The Bertz CT molecular complexity index is 236. The molecule has 0 bridgehead atoms. The van der Waals surface area contributed by atoms with E-state index < -0.39 is 0 Å². The SMILES string of the molecule is C=C(CCC)NCCC(=C)C(C)(C)C(C)C. The van der Waals surface area contributed by atoms with E-state index in [2.05, 4.69) is 53.1 Å². The monoisotopic (exact) mass is 223 g/mol. The molecule has 0 saturated heterocycles. The average molecular weight is 223 g/mol. The number of allylic oxidation sites excluding steroid dienone is 1. The quantitative estimate of drug-likeness (QED) is 0.597.